The molecule has 0 amide bonds. The molecule has 0 aromatic heterocycles. The Morgan fingerprint density at radius 2 is 2.08 bits per heavy atom. The summed E-state index contributed by atoms with van der Waals surface area (Å²) in [4.78, 5) is 11.6. The molecule has 0 spiro atoms. The molecule has 1 aromatic carbocycles. The maximum Gasteiger partial charge on any atom is 0.242 e. The summed E-state index contributed by atoms with van der Waals surface area (Å²) in [5.41, 5.74) is 0. The van der Waals surface area contributed by atoms with Crippen LogP contribution in [-0.2, 0) is 4.79 Å². The van der Waals surface area contributed by atoms with Crippen LogP contribution in [-0.4, -0.2) is 11.5 Å². The van der Waals surface area contributed by atoms with Gasteiger partial charge < -0.3 is 0 Å². The van der Waals surface area contributed by atoms with Gasteiger partial charge in [-0.25, -0.2) is 0 Å². The molecule has 0 aliphatic heterocycles. The van der Waals surface area contributed by atoms with Crippen LogP contribution in [0.3, 0.4) is 0 Å². The minimum Gasteiger partial charge on any atom is -0.282 e. The molecule has 0 atom stereocenters. The molecule has 0 heterocycles. The summed E-state index contributed by atoms with van der Waals surface area (Å²) in [5, 5.41) is 8.20. The number of rotatable bonds is 3. The Balaban J connectivity index is 2.45. The third-order valence-corrected chi connectivity index (χ3v) is 2.25. The Morgan fingerprint density at radius 3 is 2.67 bits per heavy atom. The molecule has 0 bridgehead atoms. The lowest BCUT2D eigenvalue weighted by atomic mass is 10.4. The van der Waals surface area contributed by atoms with E-state index in [2.05, 4.69) is 0 Å². The molecular weight excluding hydrogens is 170 g/mol. The van der Waals surface area contributed by atoms with Gasteiger partial charge in [-0.3, -0.25) is 4.79 Å². The number of hydrogen-bond acceptors (Lipinski definition) is 3. The van der Waals surface area contributed by atoms with Crippen LogP contribution in [0.2, 0.25) is 0 Å². The first-order chi connectivity index (χ1) is 5.83. The van der Waals surface area contributed by atoms with Crippen LogP contribution in [0.1, 0.15) is 0 Å². The van der Waals surface area contributed by atoms with Gasteiger partial charge in [0.1, 0.15) is 6.07 Å². The second-order valence-electron chi connectivity index (χ2n) is 2.14. The van der Waals surface area contributed by atoms with Gasteiger partial charge in [-0.15, -0.1) is 11.8 Å². The van der Waals surface area contributed by atoms with Gasteiger partial charge >= 0.3 is 0 Å². The first-order valence-electron chi connectivity index (χ1n) is 3.43. The van der Waals surface area contributed by atoms with Crippen LogP contribution >= 0.6 is 11.8 Å². The molecule has 0 saturated carbocycles. The lowest BCUT2D eigenvalue weighted by Gasteiger charge is -1.95. The third kappa shape index (κ3) is 2.77. The molecule has 0 aliphatic rings. The number of thioether (sulfide) groups is 1. The summed E-state index contributed by atoms with van der Waals surface area (Å²) in [5.74, 6) is -0.149. The molecule has 60 valence electrons. The quantitative estimate of drug-likeness (QED) is 0.522. The largest absolute Gasteiger partial charge is 0.282 e. The predicted molar refractivity (Wildman–Crippen MR) is 47.8 cm³/mol. The summed E-state index contributed by atoms with van der Waals surface area (Å²) in [6.45, 7) is 0. The molecule has 2 nitrogen and oxygen atoms in total. The van der Waals surface area contributed by atoms with Crippen molar-refractivity contribution in [1.29, 1.82) is 5.26 Å². The van der Waals surface area contributed by atoms with E-state index in [1.54, 1.807) is 6.07 Å². The summed E-state index contributed by atoms with van der Waals surface area (Å²) in [6, 6.07) is 11.1. The number of benzene rings is 1. The molecule has 12 heavy (non-hydrogen) atoms. The van der Waals surface area contributed by atoms with Gasteiger partial charge in [0.05, 0.1) is 5.75 Å². The van der Waals surface area contributed by atoms with Crippen LogP contribution in [0.4, 0.5) is 0 Å². The van der Waals surface area contributed by atoms with Crippen molar-refractivity contribution in [2.75, 3.05) is 5.75 Å². The number of nitriles is 1. The van der Waals surface area contributed by atoms with E-state index in [1.165, 1.54) is 11.8 Å². The molecule has 0 unspecified atom stereocenters. The van der Waals surface area contributed by atoms with Crippen molar-refractivity contribution in [2.24, 2.45) is 0 Å². The van der Waals surface area contributed by atoms with Crippen LogP contribution in [0.5, 0.6) is 0 Å². The van der Waals surface area contributed by atoms with Gasteiger partial charge in [-0.1, -0.05) is 18.2 Å². The molecule has 3 heteroatoms. The predicted octanol–water partition coefficient (Wildman–Crippen LogP) is 1.87. The van der Waals surface area contributed by atoms with Gasteiger partial charge in [-0.05, 0) is 12.1 Å². The van der Waals surface area contributed by atoms with Crippen molar-refractivity contribution in [3.05, 3.63) is 30.3 Å². The summed E-state index contributed by atoms with van der Waals surface area (Å²) in [6.07, 6.45) is 0. The van der Waals surface area contributed by atoms with Gasteiger partial charge in [0.25, 0.3) is 0 Å². The van der Waals surface area contributed by atoms with E-state index in [1.807, 2.05) is 30.3 Å². The zero-order valence-corrected chi connectivity index (χ0v) is 7.17. The minimum absolute atomic E-state index is 0.237. The number of ketones is 1. The lowest BCUT2D eigenvalue weighted by Crippen LogP contribution is -1.95. The minimum atomic E-state index is -0.385. The highest BCUT2D eigenvalue weighted by Crippen LogP contribution is 2.16. The average molecular weight is 177 g/mol. The fourth-order valence-electron chi connectivity index (χ4n) is 0.698. The number of Topliss-reactive ketones (excluding diaryl/α,β-unsaturated/α-hetero) is 1. The Kier molecular flexibility index (Phi) is 3.36. The van der Waals surface area contributed by atoms with Crippen molar-refractivity contribution >= 4 is 17.5 Å². The Bertz CT molecular complexity index is 302. The van der Waals surface area contributed by atoms with Crippen molar-refractivity contribution in [3.63, 3.8) is 0 Å². The van der Waals surface area contributed by atoms with Crippen LogP contribution in [0.25, 0.3) is 0 Å². The Morgan fingerprint density at radius 1 is 1.42 bits per heavy atom. The zero-order chi connectivity index (χ0) is 8.81. The van der Waals surface area contributed by atoms with E-state index < -0.39 is 0 Å². The van der Waals surface area contributed by atoms with Crippen molar-refractivity contribution in [2.45, 2.75) is 4.90 Å². The smallest absolute Gasteiger partial charge is 0.242 e. The van der Waals surface area contributed by atoms with Crippen LogP contribution in [0.15, 0.2) is 35.2 Å². The summed E-state index contributed by atoms with van der Waals surface area (Å²) in [7, 11) is 0. The number of hydrogen-bond donors (Lipinski definition) is 0. The topological polar surface area (TPSA) is 40.9 Å². The third-order valence-electron chi connectivity index (χ3n) is 1.24. The number of nitrogens with zero attached hydrogens (tertiary/aromatic N) is 1. The van der Waals surface area contributed by atoms with E-state index in [4.69, 9.17) is 5.26 Å². The second-order valence-corrected chi connectivity index (χ2v) is 3.19. The fourth-order valence-corrected chi connectivity index (χ4v) is 1.41. The van der Waals surface area contributed by atoms with E-state index >= 15 is 0 Å². The first kappa shape index (κ1) is 8.82. The molecule has 0 radical (unpaired) electrons. The normalized spacial score (nSPS) is 8.92. The highest BCUT2D eigenvalue weighted by atomic mass is 32.2. The standard InChI is InChI=1S/C9H7NOS/c10-6-8(11)7-12-9-4-2-1-3-5-9/h1-5H,7H2. The van der Waals surface area contributed by atoms with Crippen molar-refractivity contribution in [3.8, 4) is 6.07 Å². The number of carbonyl (C=O) groups is 1. The SMILES string of the molecule is N#CC(=O)CSc1ccccc1. The Labute approximate surface area is 75.2 Å². The van der Waals surface area contributed by atoms with Crippen molar-refractivity contribution in [1.82, 2.24) is 0 Å². The van der Waals surface area contributed by atoms with E-state index in [9.17, 15) is 4.79 Å². The number of carbonyl (C=O) groups excluding carboxylic acids is 1. The summed E-state index contributed by atoms with van der Waals surface area (Å²) >= 11 is 1.38. The highest BCUT2D eigenvalue weighted by molar-refractivity contribution is 8.00. The first-order valence-corrected chi connectivity index (χ1v) is 4.42. The lowest BCUT2D eigenvalue weighted by molar-refractivity contribution is -0.111. The van der Waals surface area contributed by atoms with Crippen molar-refractivity contribution < 1.29 is 4.79 Å². The van der Waals surface area contributed by atoms with Gasteiger partial charge in [0.15, 0.2) is 0 Å². The molecule has 0 aliphatic carbocycles. The van der Waals surface area contributed by atoms with E-state index in [0.717, 1.165) is 4.90 Å². The molecular formula is C9H7NOS. The molecule has 0 fully saturated rings. The monoisotopic (exact) mass is 177 g/mol. The molecule has 0 saturated heterocycles. The zero-order valence-electron chi connectivity index (χ0n) is 6.36. The van der Waals surface area contributed by atoms with Crippen LogP contribution < -0.4 is 0 Å². The van der Waals surface area contributed by atoms with Gasteiger partial charge in [-0.2, -0.15) is 5.26 Å². The van der Waals surface area contributed by atoms with Gasteiger partial charge in [0.2, 0.25) is 5.78 Å². The summed E-state index contributed by atoms with van der Waals surface area (Å²) < 4.78 is 0. The average Bonchev–Trinajstić information content (AvgIpc) is 2.16. The fraction of sp³-hybridized carbons (Fsp3) is 0.111. The maximum atomic E-state index is 10.6. The van der Waals surface area contributed by atoms with E-state index in [-0.39, 0.29) is 11.5 Å². The second kappa shape index (κ2) is 4.58. The van der Waals surface area contributed by atoms with Gasteiger partial charge in [0, 0.05) is 4.90 Å². The van der Waals surface area contributed by atoms with E-state index in [0.29, 0.717) is 0 Å². The van der Waals surface area contributed by atoms with Crippen LogP contribution in [0, 0.1) is 11.3 Å². The maximum absolute atomic E-state index is 10.6. The highest BCUT2D eigenvalue weighted by Gasteiger charge is 1.99. The molecule has 0 N–H and O–H groups in total. The molecule has 1 rings (SSSR count). The Hall–Kier alpha value is -1.27. The molecule has 1 aromatic rings.